The molecule has 2 rings (SSSR count). The highest BCUT2D eigenvalue weighted by Crippen LogP contribution is 2.11. The molecule has 2 heterocycles. The standard InChI is InChI=1S/C13H21N3O3/c1-2-3-16-8-10(14)6-12(16)13(17)15-7-11-9-18-4-5-19-11/h6,8,11H,2-5,7,9,14H2,1H3,(H,15,17). The number of ether oxygens (including phenoxy) is 2. The second-order valence-corrected chi connectivity index (χ2v) is 4.63. The van der Waals surface area contributed by atoms with Gasteiger partial charge in [-0.15, -0.1) is 0 Å². The maximum absolute atomic E-state index is 12.1. The summed E-state index contributed by atoms with van der Waals surface area (Å²) in [5.74, 6) is -0.126. The highest BCUT2D eigenvalue weighted by Gasteiger charge is 2.17. The van der Waals surface area contributed by atoms with E-state index in [1.165, 1.54) is 0 Å². The number of hydrogen-bond acceptors (Lipinski definition) is 4. The summed E-state index contributed by atoms with van der Waals surface area (Å²) >= 11 is 0. The Kier molecular flexibility index (Phi) is 4.81. The van der Waals surface area contributed by atoms with Gasteiger partial charge >= 0.3 is 0 Å². The number of rotatable bonds is 5. The van der Waals surface area contributed by atoms with E-state index in [-0.39, 0.29) is 12.0 Å². The molecule has 106 valence electrons. The topological polar surface area (TPSA) is 78.5 Å². The van der Waals surface area contributed by atoms with Crippen molar-refractivity contribution in [3.05, 3.63) is 18.0 Å². The van der Waals surface area contributed by atoms with Gasteiger partial charge in [0.25, 0.3) is 5.91 Å². The summed E-state index contributed by atoms with van der Waals surface area (Å²) in [7, 11) is 0. The third-order valence-corrected chi connectivity index (χ3v) is 2.99. The molecule has 1 aliphatic heterocycles. The van der Waals surface area contributed by atoms with Gasteiger partial charge in [-0.1, -0.05) is 6.92 Å². The Balaban J connectivity index is 1.91. The van der Waals surface area contributed by atoms with Gasteiger partial charge in [0.15, 0.2) is 0 Å². The molecule has 0 bridgehead atoms. The Labute approximate surface area is 112 Å². The van der Waals surface area contributed by atoms with Crippen LogP contribution in [0.1, 0.15) is 23.8 Å². The molecule has 1 amide bonds. The van der Waals surface area contributed by atoms with Crippen molar-refractivity contribution in [2.75, 3.05) is 32.1 Å². The van der Waals surface area contributed by atoms with Gasteiger partial charge in [-0.05, 0) is 12.5 Å². The fourth-order valence-electron chi connectivity index (χ4n) is 2.10. The molecule has 1 atom stereocenters. The normalized spacial score (nSPS) is 19.3. The summed E-state index contributed by atoms with van der Waals surface area (Å²) in [5, 5.41) is 2.86. The fourth-order valence-corrected chi connectivity index (χ4v) is 2.10. The van der Waals surface area contributed by atoms with E-state index in [4.69, 9.17) is 15.2 Å². The number of carbonyl (C=O) groups is 1. The average Bonchev–Trinajstić information content (AvgIpc) is 2.79. The van der Waals surface area contributed by atoms with Crippen molar-refractivity contribution >= 4 is 11.6 Å². The van der Waals surface area contributed by atoms with Crippen LogP contribution in [0.2, 0.25) is 0 Å². The molecule has 1 unspecified atom stereocenters. The van der Waals surface area contributed by atoms with E-state index in [2.05, 4.69) is 12.2 Å². The van der Waals surface area contributed by atoms with Crippen molar-refractivity contribution in [3.8, 4) is 0 Å². The first-order chi connectivity index (χ1) is 9.20. The van der Waals surface area contributed by atoms with E-state index in [0.717, 1.165) is 13.0 Å². The molecule has 6 nitrogen and oxygen atoms in total. The number of aryl methyl sites for hydroxylation is 1. The summed E-state index contributed by atoms with van der Waals surface area (Å²) in [5.41, 5.74) is 6.94. The monoisotopic (exact) mass is 267 g/mol. The summed E-state index contributed by atoms with van der Waals surface area (Å²) in [6, 6.07) is 1.70. The van der Waals surface area contributed by atoms with Gasteiger partial charge in [0.2, 0.25) is 0 Å². The summed E-state index contributed by atoms with van der Waals surface area (Å²) < 4.78 is 12.6. The smallest absolute Gasteiger partial charge is 0.268 e. The Morgan fingerprint density at radius 2 is 2.42 bits per heavy atom. The quantitative estimate of drug-likeness (QED) is 0.820. The number of carbonyl (C=O) groups excluding carboxylic acids is 1. The van der Waals surface area contributed by atoms with Crippen LogP contribution in [0.3, 0.4) is 0 Å². The Morgan fingerprint density at radius 3 is 3.11 bits per heavy atom. The first-order valence-electron chi connectivity index (χ1n) is 6.64. The van der Waals surface area contributed by atoms with Gasteiger partial charge in [0.1, 0.15) is 5.69 Å². The lowest BCUT2D eigenvalue weighted by Crippen LogP contribution is -2.40. The minimum Gasteiger partial charge on any atom is -0.397 e. The highest BCUT2D eigenvalue weighted by atomic mass is 16.6. The number of hydrogen-bond donors (Lipinski definition) is 2. The van der Waals surface area contributed by atoms with Crippen LogP contribution in [0, 0.1) is 0 Å². The van der Waals surface area contributed by atoms with Gasteiger partial charge in [-0.3, -0.25) is 4.79 Å². The van der Waals surface area contributed by atoms with E-state index < -0.39 is 0 Å². The third-order valence-electron chi connectivity index (χ3n) is 2.99. The maximum atomic E-state index is 12.1. The summed E-state index contributed by atoms with van der Waals surface area (Å²) in [4.78, 5) is 12.1. The molecule has 1 aromatic heterocycles. The molecule has 0 spiro atoms. The molecule has 0 aliphatic carbocycles. The maximum Gasteiger partial charge on any atom is 0.268 e. The number of nitrogens with two attached hydrogens (primary N) is 1. The van der Waals surface area contributed by atoms with Crippen molar-refractivity contribution in [3.63, 3.8) is 0 Å². The molecular weight excluding hydrogens is 246 g/mol. The molecule has 6 heteroatoms. The van der Waals surface area contributed by atoms with E-state index >= 15 is 0 Å². The lowest BCUT2D eigenvalue weighted by molar-refractivity contribution is -0.0855. The first kappa shape index (κ1) is 13.9. The average molecular weight is 267 g/mol. The second-order valence-electron chi connectivity index (χ2n) is 4.63. The Morgan fingerprint density at radius 1 is 1.58 bits per heavy atom. The number of nitrogen functional groups attached to an aromatic ring is 1. The van der Waals surface area contributed by atoms with Crippen molar-refractivity contribution in [2.24, 2.45) is 0 Å². The van der Waals surface area contributed by atoms with Crippen molar-refractivity contribution in [2.45, 2.75) is 26.0 Å². The van der Waals surface area contributed by atoms with Gasteiger partial charge in [0, 0.05) is 19.3 Å². The molecule has 1 saturated heterocycles. The second kappa shape index (κ2) is 6.58. The van der Waals surface area contributed by atoms with E-state index in [9.17, 15) is 4.79 Å². The van der Waals surface area contributed by atoms with E-state index in [1.807, 2.05) is 4.57 Å². The van der Waals surface area contributed by atoms with E-state index in [1.54, 1.807) is 12.3 Å². The highest BCUT2D eigenvalue weighted by molar-refractivity contribution is 5.93. The Bertz CT molecular complexity index is 425. The van der Waals surface area contributed by atoms with Gasteiger partial charge < -0.3 is 25.1 Å². The van der Waals surface area contributed by atoms with Gasteiger partial charge in [-0.25, -0.2) is 0 Å². The van der Waals surface area contributed by atoms with Gasteiger partial charge in [-0.2, -0.15) is 0 Å². The summed E-state index contributed by atoms with van der Waals surface area (Å²) in [6.07, 6.45) is 2.68. The van der Waals surface area contributed by atoms with Crippen molar-refractivity contribution < 1.29 is 14.3 Å². The molecule has 0 radical (unpaired) electrons. The van der Waals surface area contributed by atoms with Crippen molar-refractivity contribution in [1.82, 2.24) is 9.88 Å². The summed E-state index contributed by atoms with van der Waals surface area (Å²) in [6.45, 7) is 5.03. The minimum atomic E-state index is -0.126. The van der Waals surface area contributed by atoms with Crippen LogP contribution in [0.25, 0.3) is 0 Å². The molecule has 3 N–H and O–H groups in total. The van der Waals surface area contributed by atoms with Gasteiger partial charge in [0.05, 0.1) is 31.6 Å². The molecule has 1 aliphatic rings. The molecule has 1 aromatic rings. The zero-order chi connectivity index (χ0) is 13.7. The minimum absolute atomic E-state index is 0.0652. The Hall–Kier alpha value is -1.53. The van der Waals surface area contributed by atoms with Crippen LogP contribution in [-0.2, 0) is 16.0 Å². The predicted octanol–water partition coefficient (Wildman–Crippen LogP) is 0.625. The molecule has 0 aromatic carbocycles. The number of anilines is 1. The fraction of sp³-hybridized carbons (Fsp3) is 0.615. The molecule has 1 fully saturated rings. The predicted molar refractivity (Wildman–Crippen MR) is 72.0 cm³/mol. The van der Waals surface area contributed by atoms with Crippen LogP contribution in [0.4, 0.5) is 5.69 Å². The number of amides is 1. The van der Waals surface area contributed by atoms with Crippen LogP contribution in [-0.4, -0.2) is 42.9 Å². The third kappa shape index (κ3) is 3.71. The number of nitrogens with zero attached hydrogens (tertiary/aromatic N) is 1. The zero-order valence-corrected chi connectivity index (χ0v) is 11.2. The number of nitrogens with one attached hydrogen (secondary N) is 1. The molecular formula is C13H21N3O3. The van der Waals surface area contributed by atoms with E-state index in [0.29, 0.717) is 37.7 Å². The largest absolute Gasteiger partial charge is 0.397 e. The van der Waals surface area contributed by atoms with Crippen LogP contribution < -0.4 is 11.1 Å². The lowest BCUT2D eigenvalue weighted by Gasteiger charge is -2.23. The van der Waals surface area contributed by atoms with Crippen LogP contribution in [0.15, 0.2) is 12.3 Å². The molecule has 0 saturated carbocycles. The van der Waals surface area contributed by atoms with Crippen LogP contribution in [0.5, 0.6) is 0 Å². The molecule has 19 heavy (non-hydrogen) atoms. The van der Waals surface area contributed by atoms with Crippen molar-refractivity contribution in [1.29, 1.82) is 0 Å². The van der Waals surface area contributed by atoms with Crippen LogP contribution >= 0.6 is 0 Å². The first-order valence-corrected chi connectivity index (χ1v) is 6.64. The lowest BCUT2D eigenvalue weighted by atomic mass is 10.3. The SMILES string of the molecule is CCCn1cc(N)cc1C(=O)NCC1COCCO1. The zero-order valence-electron chi connectivity index (χ0n) is 11.2. The number of aromatic nitrogens is 1.